The van der Waals surface area contributed by atoms with E-state index >= 15 is 0 Å². The van der Waals surface area contributed by atoms with Gasteiger partial charge in [-0.3, -0.25) is 4.79 Å². The quantitative estimate of drug-likeness (QED) is 0.863. The van der Waals surface area contributed by atoms with Gasteiger partial charge in [-0.2, -0.15) is 0 Å². The van der Waals surface area contributed by atoms with Gasteiger partial charge in [0.25, 0.3) is 0 Å². The number of amides is 1. The second kappa shape index (κ2) is 6.97. The standard InChI is InChI=1S/C15H22N2O/c1-12(10-14-8-6-5-7-9-14)11-16-13(2)15(18)17(3)4/h5-10,13,16H,11H2,1-4H3/t13-/m0/s1. The molecule has 3 heteroatoms. The van der Waals surface area contributed by atoms with Crippen LogP contribution in [0.2, 0.25) is 0 Å². The summed E-state index contributed by atoms with van der Waals surface area (Å²) in [5.74, 6) is 0.0995. The molecule has 1 rings (SSSR count). The minimum Gasteiger partial charge on any atom is -0.347 e. The molecule has 0 saturated carbocycles. The van der Waals surface area contributed by atoms with Gasteiger partial charge in [-0.25, -0.2) is 0 Å². The van der Waals surface area contributed by atoms with Crippen molar-refractivity contribution in [3.8, 4) is 0 Å². The normalized spacial score (nSPS) is 13.2. The first kappa shape index (κ1) is 14.5. The van der Waals surface area contributed by atoms with Crippen molar-refractivity contribution >= 4 is 12.0 Å². The number of likely N-dealkylation sites (N-methyl/N-ethyl adjacent to an activating group) is 1. The van der Waals surface area contributed by atoms with Crippen LogP contribution in [0.25, 0.3) is 6.08 Å². The third-order valence-corrected chi connectivity index (χ3v) is 2.71. The zero-order valence-electron chi connectivity index (χ0n) is 11.6. The van der Waals surface area contributed by atoms with Crippen molar-refractivity contribution in [2.24, 2.45) is 0 Å². The van der Waals surface area contributed by atoms with Crippen LogP contribution in [0.4, 0.5) is 0 Å². The first-order valence-electron chi connectivity index (χ1n) is 6.17. The van der Waals surface area contributed by atoms with Gasteiger partial charge in [-0.1, -0.05) is 42.0 Å². The van der Waals surface area contributed by atoms with E-state index in [9.17, 15) is 4.79 Å². The van der Waals surface area contributed by atoms with Gasteiger partial charge >= 0.3 is 0 Å². The molecule has 0 saturated heterocycles. The zero-order chi connectivity index (χ0) is 13.5. The van der Waals surface area contributed by atoms with E-state index in [-0.39, 0.29) is 11.9 Å². The lowest BCUT2D eigenvalue weighted by Crippen LogP contribution is -2.42. The number of carbonyl (C=O) groups is 1. The summed E-state index contributed by atoms with van der Waals surface area (Å²) in [5, 5.41) is 3.22. The fourth-order valence-corrected chi connectivity index (χ4v) is 1.67. The summed E-state index contributed by atoms with van der Waals surface area (Å²) in [6.07, 6.45) is 2.12. The predicted molar refractivity (Wildman–Crippen MR) is 76.3 cm³/mol. The molecule has 0 aromatic heterocycles. The molecule has 0 aliphatic heterocycles. The van der Waals surface area contributed by atoms with Gasteiger partial charge in [-0.05, 0) is 19.4 Å². The van der Waals surface area contributed by atoms with E-state index in [2.05, 4.69) is 30.4 Å². The van der Waals surface area contributed by atoms with Crippen LogP contribution in [-0.2, 0) is 4.79 Å². The average molecular weight is 246 g/mol. The van der Waals surface area contributed by atoms with E-state index in [1.165, 1.54) is 11.1 Å². The number of nitrogens with one attached hydrogen (secondary N) is 1. The molecule has 1 aromatic rings. The Morgan fingerprint density at radius 3 is 2.50 bits per heavy atom. The Morgan fingerprint density at radius 2 is 1.94 bits per heavy atom. The molecule has 0 unspecified atom stereocenters. The third kappa shape index (κ3) is 4.72. The minimum absolute atomic E-state index is 0.0995. The molecular formula is C15H22N2O. The lowest BCUT2D eigenvalue weighted by Gasteiger charge is -2.18. The number of rotatable bonds is 5. The van der Waals surface area contributed by atoms with Gasteiger partial charge in [-0.15, -0.1) is 0 Å². The third-order valence-electron chi connectivity index (χ3n) is 2.71. The molecule has 1 aromatic carbocycles. The summed E-state index contributed by atoms with van der Waals surface area (Å²) in [6, 6.07) is 10.0. The van der Waals surface area contributed by atoms with Crippen molar-refractivity contribution in [3.05, 3.63) is 41.5 Å². The van der Waals surface area contributed by atoms with Gasteiger partial charge < -0.3 is 10.2 Å². The Balaban J connectivity index is 2.49. The molecule has 1 N–H and O–H groups in total. The van der Waals surface area contributed by atoms with Crippen LogP contribution < -0.4 is 5.32 Å². The fourth-order valence-electron chi connectivity index (χ4n) is 1.67. The van der Waals surface area contributed by atoms with E-state index in [4.69, 9.17) is 0 Å². The molecule has 3 nitrogen and oxygen atoms in total. The Bertz CT molecular complexity index is 410. The van der Waals surface area contributed by atoms with E-state index in [1.807, 2.05) is 25.1 Å². The van der Waals surface area contributed by atoms with Crippen LogP contribution >= 0.6 is 0 Å². The Kier molecular flexibility index (Phi) is 5.59. The van der Waals surface area contributed by atoms with Crippen LogP contribution in [-0.4, -0.2) is 37.5 Å². The van der Waals surface area contributed by atoms with E-state index in [0.29, 0.717) is 0 Å². The molecule has 0 fully saturated rings. The van der Waals surface area contributed by atoms with Crippen molar-refractivity contribution < 1.29 is 4.79 Å². The number of nitrogens with zero attached hydrogens (tertiary/aromatic N) is 1. The van der Waals surface area contributed by atoms with Crippen molar-refractivity contribution in [2.45, 2.75) is 19.9 Å². The van der Waals surface area contributed by atoms with Crippen LogP contribution in [0.5, 0.6) is 0 Å². The summed E-state index contributed by atoms with van der Waals surface area (Å²) in [6.45, 7) is 4.67. The van der Waals surface area contributed by atoms with Crippen LogP contribution in [0.3, 0.4) is 0 Å². The number of carbonyl (C=O) groups excluding carboxylic acids is 1. The van der Waals surface area contributed by atoms with Crippen LogP contribution in [0.15, 0.2) is 35.9 Å². The summed E-state index contributed by atoms with van der Waals surface area (Å²) in [7, 11) is 3.54. The first-order valence-corrected chi connectivity index (χ1v) is 6.17. The molecule has 1 atom stereocenters. The maximum Gasteiger partial charge on any atom is 0.238 e. The molecule has 98 valence electrons. The Morgan fingerprint density at radius 1 is 1.33 bits per heavy atom. The Hall–Kier alpha value is -1.61. The highest BCUT2D eigenvalue weighted by Gasteiger charge is 2.13. The van der Waals surface area contributed by atoms with Gasteiger partial charge in [0.15, 0.2) is 0 Å². The summed E-state index contributed by atoms with van der Waals surface area (Å²) < 4.78 is 0. The van der Waals surface area contributed by atoms with Crippen molar-refractivity contribution in [3.63, 3.8) is 0 Å². The lowest BCUT2D eigenvalue weighted by atomic mass is 10.1. The van der Waals surface area contributed by atoms with E-state index in [0.717, 1.165) is 6.54 Å². The zero-order valence-corrected chi connectivity index (χ0v) is 11.6. The smallest absolute Gasteiger partial charge is 0.238 e. The molecule has 0 heterocycles. The van der Waals surface area contributed by atoms with Crippen molar-refractivity contribution in [1.82, 2.24) is 10.2 Å². The highest BCUT2D eigenvalue weighted by Crippen LogP contribution is 2.05. The lowest BCUT2D eigenvalue weighted by molar-refractivity contribution is -0.130. The van der Waals surface area contributed by atoms with Crippen LogP contribution in [0, 0.1) is 0 Å². The van der Waals surface area contributed by atoms with E-state index in [1.54, 1.807) is 19.0 Å². The van der Waals surface area contributed by atoms with Gasteiger partial charge in [0.1, 0.15) is 0 Å². The maximum atomic E-state index is 11.7. The molecule has 1 amide bonds. The summed E-state index contributed by atoms with van der Waals surface area (Å²) in [5.41, 5.74) is 2.39. The SMILES string of the molecule is CC(=Cc1ccccc1)CN[C@@H](C)C(=O)N(C)C. The molecular weight excluding hydrogens is 224 g/mol. The number of hydrogen-bond acceptors (Lipinski definition) is 2. The minimum atomic E-state index is -0.154. The second-order valence-electron chi connectivity index (χ2n) is 4.74. The van der Waals surface area contributed by atoms with Crippen LogP contribution in [0.1, 0.15) is 19.4 Å². The molecule has 0 spiro atoms. The monoisotopic (exact) mass is 246 g/mol. The van der Waals surface area contributed by atoms with Gasteiger partial charge in [0, 0.05) is 20.6 Å². The Labute approximate surface area is 109 Å². The average Bonchev–Trinajstić information content (AvgIpc) is 2.36. The van der Waals surface area contributed by atoms with Gasteiger partial charge in [0.2, 0.25) is 5.91 Å². The molecule has 0 radical (unpaired) electrons. The first-order chi connectivity index (χ1) is 8.50. The maximum absolute atomic E-state index is 11.7. The van der Waals surface area contributed by atoms with E-state index < -0.39 is 0 Å². The molecule has 0 aliphatic carbocycles. The topological polar surface area (TPSA) is 32.3 Å². The molecule has 0 bridgehead atoms. The highest BCUT2D eigenvalue weighted by molar-refractivity contribution is 5.80. The largest absolute Gasteiger partial charge is 0.347 e. The number of benzene rings is 1. The van der Waals surface area contributed by atoms with Crippen molar-refractivity contribution in [1.29, 1.82) is 0 Å². The fraction of sp³-hybridized carbons (Fsp3) is 0.400. The molecule has 18 heavy (non-hydrogen) atoms. The second-order valence-corrected chi connectivity index (χ2v) is 4.74. The summed E-state index contributed by atoms with van der Waals surface area (Å²) >= 11 is 0. The highest BCUT2D eigenvalue weighted by atomic mass is 16.2. The van der Waals surface area contributed by atoms with Gasteiger partial charge in [0.05, 0.1) is 6.04 Å². The summed E-state index contributed by atoms with van der Waals surface area (Å²) in [4.78, 5) is 13.3. The molecule has 0 aliphatic rings. The van der Waals surface area contributed by atoms with Crippen molar-refractivity contribution in [2.75, 3.05) is 20.6 Å². The number of hydrogen-bond donors (Lipinski definition) is 1. The predicted octanol–water partition coefficient (Wildman–Crippen LogP) is 2.16.